The van der Waals surface area contributed by atoms with Crippen LogP contribution in [-0.2, 0) is 22.0 Å². The number of aryl methyl sites for hydroxylation is 1. The highest BCUT2D eigenvalue weighted by Gasteiger charge is 2.51. The summed E-state index contributed by atoms with van der Waals surface area (Å²) < 4.78 is 42.5. The molecule has 1 aromatic carbocycles. The van der Waals surface area contributed by atoms with Gasteiger partial charge in [-0.3, -0.25) is 13.9 Å². The predicted molar refractivity (Wildman–Crippen MR) is 153 cm³/mol. The number of carbonyl (C=O) groups is 1. The highest BCUT2D eigenvalue weighted by molar-refractivity contribution is 7.85. The van der Waals surface area contributed by atoms with E-state index in [4.69, 9.17) is 0 Å². The average molecular weight is 572 g/mol. The largest absolute Gasteiger partial charge is 0.329 e. The van der Waals surface area contributed by atoms with Crippen LogP contribution in [0, 0.1) is 12.3 Å². The fourth-order valence-electron chi connectivity index (χ4n) is 7.07. The van der Waals surface area contributed by atoms with Gasteiger partial charge in [-0.15, -0.1) is 0 Å². The second kappa shape index (κ2) is 10.4. The van der Waals surface area contributed by atoms with Gasteiger partial charge < -0.3 is 10.2 Å². The first-order chi connectivity index (χ1) is 19.1. The van der Waals surface area contributed by atoms with Gasteiger partial charge in [-0.25, -0.2) is 4.98 Å². The Morgan fingerprint density at radius 1 is 1.12 bits per heavy atom. The molecule has 10 heteroatoms. The lowest BCUT2D eigenvalue weighted by Gasteiger charge is -2.52. The van der Waals surface area contributed by atoms with E-state index >= 15 is 0 Å². The van der Waals surface area contributed by atoms with Crippen LogP contribution in [0.5, 0.6) is 0 Å². The Kier molecular flexibility index (Phi) is 7.22. The molecule has 216 valence electrons. The number of piperidine rings is 1. The molecule has 6 rings (SSSR count). The van der Waals surface area contributed by atoms with Crippen molar-refractivity contribution in [3.63, 3.8) is 0 Å². The summed E-state index contributed by atoms with van der Waals surface area (Å²) in [7, 11) is -1.06. The molecule has 1 unspecified atom stereocenters. The monoisotopic (exact) mass is 571 g/mol. The molecule has 2 aliphatic carbocycles. The van der Waals surface area contributed by atoms with Crippen LogP contribution in [0.15, 0.2) is 29.3 Å². The molecule has 2 saturated carbocycles. The predicted octanol–water partition coefficient (Wildman–Crippen LogP) is 5.76. The third-order valence-corrected chi connectivity index (χ3v) is 11.3. The molecule has 7 nitrogen and oxygen atoms in total. The molecule has 1 amide bonds. The molecule has 1 saturated heterocycles. The number of aromatic nitrogens is 2. The zero-order chi connectivity index (χ0) is 28.2. The second-order valence-corrected chi connectivity index (χ2v) is 14.3. The molecule has 0 radical (unpaired) electrons. The van der Waals surface area contributed by atoms with Crippen LogP contribution >= 0.6 is 0 Å². The highest BCUT2D eigenvalue weighted by Crippen LogP contribution is 2.52. The van der Waals surface area contributed by atoms with Crippen molar-refractivity contribution in [1.82, 2.24) is 14.9 Å². The number of nitrogens with zero attached hydrogens (tertiary/aromatic N) is 4. The number of likely N-dealkylation sites (tertiary alicyclic amines) is 1. The number of rotatable bonds is 6. The number of carbonyl (C=O) groups excluding carboxylic acids is 1. The van der Waals surface area contributed by atoms with Crippen molar-refractivity contribution in [3.05, 3.63) is 35.5 Å². The number of amides is 1. The van der Waals surface area contributed by atoms with Gasteiger partial charge in [0.1, 0.15) is 5.82 Å². The zero-order valence-corrected chi connectivity index (χ0v) is 24.4. The van der Waals surface area contributed by atoms with Crippen LogP contribution in [0.1, 0.15) is 76.3 Å². The number of hydrogen-bond acceptors (Lipinski definition) is 6. The van der Waals surface area contributed by atoms with Gasteiger partial charge in [0, 0.05) is 39.7 Å². The van der Waals surface area contributed by atoms with E-state index in [0.29, 0.717) is 24.3 Å². The van der Waals surface area contributed by atoms with Crippen LogP contribution < -0.4 is 10.2 Å². The van der Waals surface area contributed by atoms with E-state index in [9.17, 15) is 17.8 Å². The van der Waals surface area contributed by atoms with E-state index in [0.717, 1.165) is 54.9 Å². The quantitative estimate of drug-likeness (QED) is 0.475. The van der Waals surface area contributed by atoms with Crippen LogP contribution in [0.2, 0.25) is 0 Å². The van der Waals surface area contributed by atoms with Gasteiger partial charge in [-0.1, -0.05) is 12.8 Å². The highest BCUT2D eigenvalue weighted by atomic mass is 32.2. The molecule has 1 spiro atoms. The van der Waals surface area contributed by atoms with Crippen molar-refractivity contribution >= 4 is 34.2 Å². The summed E-state index contributed by atoms with van der Waals surface area (Å²) in [5.41, 5.74) is 2.31. The summed E-state index contributed by atoms with van der Waals surface area (Å²) >= 11 is 0. The summed E-state index contributed by atoms with van der Waals surface area (Å²) in [5, 5.41) is 3.40. The molecule has 1 N–H and O–H groups in total. The van der Waals surface area contributed by atoms with Gasteiger partial charge in [-0.2, -0.15) is 13.8 Å². The van der Waals surface area contributed by atoms with E-state index in [1.165, 1.54) is 23.9 Å². The minimum Gasteiger partial charge on any atom is -0.324 e. The summed E-state index contributed by atoms with van der Waals surface area (Å²) in [6, 6.07) is 6.06. The van der Waals surface area contributed by atoms with Gasteiger partial charge in [0.15, 0.2) is 0 Å². The summed E-state index contributed by atoms with van der Waals surface area (Å²) in [6.45, 7) is 8.72. The third-order valence-electron chi connectivity index (χ3n) is 9.59. The Bertz CT molecular complexity index is 1310. The number of benzene rings is 1. The minimum absolute atomic E-state index is 0.199. The first kappa shape index (κ1) is 27.7. The Labute approximate surface area is 237 Å². The molecular weight excluding hydrogens is 532 g/mol. The molecule has 2 aromatic rings. The SMILES string of the molecule is Cc1cc(S(=O)C2CC3(CCN(C(C)C)CC3)C2)ccc1Nc1ncc2c(n1)N(C1CCCC1)C(=O)C(F)(F)C2. The lowest BCUT2D eigenvalue weighted by atomic mass is 9.63. The van der Waals surface area contributed by atoms with Crippen molar-refractivity contribution in [3.8, 4) is 0 Å². The van der Waals surface area contributed by atoms with Crippen LogP contribution in [0.3, 0.4) is 0 Å². The molecule has 4 aliphatic rings. The van der Waals surface area contributed by atoms with Gasteiger partial charge in [0.05, 0.1) is 17.2 Å². The summed E-state index contributed by atoms with van der Waals surface area (Å²) in [4.78, 5) is 26.1. The van der Waals surface area contributed by atoms with Gasteiger partial charge >= 0.3 is 5.92 Å². The van der Waals surface area contributed by atoms with Crippen LogP contribution in [0.25, 0.3) is 0 Å². The maximum Gasteiger partial charge on any atom is 0.329 e. The maximum absolute atomic E-state index is 14.5. The number of anilines is 3. The summed E-state index contributed by atoms with van der Waals surface area (Å²) in [6.07, 6.45) is 8.41. The fraction of sp³-hybridized carbons (Fsp3) is 0.633. The number of fused-ring (bicyclic) bond motifs is 1. The Morgan fingerprint density at radius 3 is 2.48 bits per heavy atom. The van der Waals surface area contributed by atoms with Crippen molar-refractivity contribution < 1.29 is 17.8 Å². The number of halogens is 2. The van der Waals surface area contributed by atoms with Crippen molar-refractivity contribution in [1.29, 1.82) is 0 Å². The Morgan fingerprint density at radius 2 is 1.82 bits per heavy atom. The van der Waals surface area contributed by atoms with E-state index < -0.39 is 29.1 Å². The average Bonchev–Trinajstić information content (AvgIpc) is 3.43. The molecule has 3 heterocycles. The molecule has 2 aliphatic heterocycles. The zero-order valence-electron chi connectivity index (χ0n) is 23.6. The van der Waals surface area contributed by atoms with Gasteiger partial charge in [0.25, 0.3) is 5.91 Å². The van der Waals surface area contributed by atoms with Gasteiger partial charge in [0.2, 0.25) is 5.95 Å². The lowest BCUT2D eigenvalue weighted by molar-refractivity contribution is -0.144. The van der Waals surface area contributed by atoms with E-state index in [1.54, 1.807) is 0 Å². The van der Waals surface area contributed by atoms with E-state index in [-0.39, 0.29) is 28.6 Å². The van der Waals surface area contributed by atoms with Crippen molar-refractivity contribution in [2.45, 2.75) is 107 Å². The molecule has 1 atom stereocenters. The second-order valence-electron chi connectivity index (χ2n) is 12.6. The molecular formula is C30H39F2N5O2S. The van der Waals surface area contributed by atoms with Crippen molar-refractivity contribution in [2.24, 2.45) is 5.41 Å². The smallest absolute Gasteiger partial charge is 0.324 e. The third kappa shape index (κ3) is 5.06. The normalized spacial score (nSPS) is 23.9. The fourth-order valence-corrected chi connectivity index (χ4v) is 8.96. The molecule has 0 bridgehead atoms. The Balaban J connectivity index is 1.14. The Hall–Kier alpha value is -2.46. The lowest BCUT2D eigenvalue weighted by Crippen LogP contribution is -2.53. The molecule has 1 aromatic heterocycles. The van der Waals surface area contributed by atoms with Crippen LogP contribution in [-0.4, -0.2) is 61.3 Å². The standard InChI is InChI=1S/C30H39F2N5O2S/c1-19(2)36-12-10-29(11-13-36)16-24(17-29)40(39)23-8-9-25(20(3)14-23)34-28-33-18-21-15-30(31,32)27(38)37(26(21)35-28)22-6-4-5-7-22/h8-9,14,18-19,22,24H,4-7,10-13,15-17H2,1-3H3,(H,33,34,35). The number of hydrogen-bond donors (Lipinski definition) is 1. The van der Waals surface area contributed by atoms with Crippen molar-refractivity contribution in [2.75, 3.05) is 23.3 Å². The molecule has 40 heavy (non-hydrogen) atoms. The minimum atomic E-state index is -3.44. The first-order valence-electron chi connectivity index (χ1n) is 14.6. The maximum atomic E-state index is 14.5. The summed E-state index contributed by atoms with van der Waals surface area (Å²) in [5.74, 6) is -4.07. The van der Waals surface area contributed by atoms with E-state index in [1.807, 2.05) is 25.1 Å². The van der Waals surface area contributed by atoms with Gasteiger partial charge in [-0.05, 0) is 102 Å². The molecule has 3 fully saturated rings. The topological polar surface area (TPSA) is 78.4 Å². The number of nitrogens with one attached hydrogen (secondary N) is 1. The first-order valence-corrected chi connectivity index (χ1v) is 15.9. The number of alkyl halides is 2. The van der Waals surface area contributed by atoms with Crippen LogP contribution in [0.4, 0.5) is 26.2 Å². The van der Waals surface area contributed by atoms with E-state index in [2.05, 4.69) is 34.0 Å².